The Hall–Kier alpha value is -1.88. The normalized spacial score (nSPS) is 10.2. The van der Waals surface area contributed by atoms with E-state index in [1.807, 2.05) is 17.5 Å². The molecule has 1 N–H and O–H groups in total. The van der Waals surface area contributed by atoms with E-state index in [1.165, 1.54) is 17.2 Å². The fraction of sp³-hybridized carbons (Fsp3) is 0.167. The fourth-order valence-corrected chi connectivity index (χ4v) is 2.26. The smallest absolute Gasteiger partial charge is 0.260 e. The summed E-state index contributed by atoms with van der Waals surface area (Å²) in [5.41, 5.74) is -0.179. The second kappa shape index (κ2) is 4.97. The van der Waals surface area contributed by atoms with Gasteiger partial charge in [0.2, 0.25) is 0 Å². The Morgan fingerprint density at radius 1 is 1.41 bits per heavy atom. The minimum atomic E-state index is -0.351. The van der Waals surface area contributed by atoms with Gasteiger partial charge in [0.05, 0.1) is 6.54 Å². The minimum Gasteiger partial charge on any atom is -0.336 e. The molecule has 5 heteroatoms. The Morgan fingerprint density at radius 2 is 2.24 bits per heavy atom. The van der Waals surface area contributed by atoms with Crippen molar-refractivity contribution in [2.24, 2.45) is 0 Å². The van der Waals surface area contributed by atoms with E-state index in [9.17, 15) is 9.59 Å². The number of H-pyrrole nitrogens is 1. The van der Waals surface area contributed by atoms with E-state index in [4.69, 9.17) is 0 Å². The summed E-state index contributed by atoms with van der Waals surface area (Å²) < 4.78 is 0. The van der Waals surface area contributed by atoms with E-state index in [0.29, 0.717) is 6.54 Å². The summed E-state index contributed by atoms with van der Waals surface area (Å²) in [4.78, 5) is 28.6. The van der Waals surface area contributed by atoms with E-state index in [1.54, 1.807) is 24.5 Å². The zero-order valence-electron chi connectivity index (χ0n) is 9.34. The highest BCUT2D eigenvalue weighted by molar-refractivity contribution is 7.09. The molecule has 0 aliphatic heterocycles. The molecule has 0 aliphatic rings. The quantitative estimate of drug-likeness (QED) is 0.899. The Kier molecular flexibility index (Phi) is 3.39. The zero-order valence-corrected chi connectivity index (χ0v) is 10.2. The van der Waals surface area contributed by atoms with Crippen molar-refractivity contribution in [1.29, 1.82) is 0 Å². The minimum absolute atomic E-state index is 0.173. The molecule has 0 atom stereocenters. The van der Waals surface area contributed by atoms with Crippen LogP contribution in [0.15, 0.2) is 40.6 Å². The van der Waals surface area contributed by atoms with Gasteiger partial charge < -0.3 is 9.88 Å². The lowest BCUT2D eigenvalue weighted by Crippen LogP contribution is -2.30. The van der Waals surface area contributed by atoms with Gasteiger partial charge in [-0.2, -0.15) is 0 Å². The first-order valence-electron chi connectivity index (χ1n) is 5.14. The van der Waals surface area contributed by atoms with Gasteiger partial charge in [0.15, 0.2) is 0 Å². The first kappa shape index (κ1) is 11.6. The summed E-state index contributed by atoms with van der Waals surface area (Å²) in [5.74, 6) is -0.264. The molecule has 0 unspecified atom stereocenters. The molecule has 0 saturated heterocycles. The summed E-state index contributed by atoms with van der Waals surface area (Å²) in [6.45, 7) is 0.519. The molecule has 0 spiro atoms. The lowest BCUT2D eigenvalue weighted by molar-refractivity contribution is 0.0784. The number of nitrogens with one attached hydrogen (secondary N) is 1. The molecule has 2 rings (SSSR count). The Labute approximate surface area is 103 Å². The molecule has 17 heavy (non-hydrogen) atoms. The number of amides is 1. The number of thiophene rings is 1. The molecule has 2 aromatic heterocycles. The SMILES string of the molecule is CN(Cc1cccs1)C(=O)c1ccc[nH]c1=O. The number of carbonyl (C=O) groups excluding carboxylic acids is 1. The summed E-state index contributed by atoms with van der Waals surface area (Å²) in [5, 5.41) is 1.96. The van der Waals surface area contributed by atoms with E-state index >= 15 is 0 Å². The fourth-order valence-electron chi connectivity index (χ4n) is 1.50. The number of carbonyl (C=O) groups is 1. The van der Waals surface area contributed by atoms with E-state index in [2.05, 4.69) is 4.98 Å². The van der Waals surface area contributed by atoms with Gasteiger partial charge in [-0.3, -0.25) is 9.59 Å². The van der Waals surface area contributed by atoms with Crippen LogP contribution in [0.2, 0.25) is 0 Å². The molecule has 0 aliphatic carbocycles. The first-order chi connectivity index (χ1) is 8.18. The summed E-state index contributed by atoms with van der Waals surface area (Å²) in [7, 11) is 1.69. The second-order valence-electron chi connectivity index (χ2n) is 3.65. The number of aromatic amines is 1. The highest BCUT2D eigenvalue weighted by Crippen LogP contribution is 2.11. The molecule has 88 valence electrons. The van der Waals surface area contributed by atoms with Gasteiger partial charge in [-0.15, -0.1) is 11.3 Å². The maximum absolute atomic E-state index is 12.0. The predicted octanol–water partition coefficient (Wildman–Crippen LogP) is 1.71. The Morgan fingerprint density at radius 3 is 2.88 bits per heavy atom. The van der Waals surface area contributed by atoms with Gasteiger partial charge in [0.1, 0.15) is 5.56 Å². The average molecular weight is 248 g/mol. The van der Waals surface area contributed by atoms with Crippen LogP contribution in [0, 0.1) is 0 Å². The second-order valence-corrected chi connectivity index (χ2v) is 4.69. The molecule has 1 amide bonds. The largest absolute Gasteiger partial charge is 0.336 e. The molecule has 0 fully saturated rings. The van der Waals surface area contributed by atoms with Crippen molar-refractivity contribution in [3.8, 4) is 0 Å². The number of hydrogen-bond acceptors (Lipinski definition) is 3. The van der Waals surface area contributed by atoms with Crippen LogP contribution >= 0.6 is 11.3 Å². The maximum atomic E-state index is 12.0. The van der Waals surface area contributed by atoms with E-state index < -0.39 is 0 Å². The van der Waals surface area contributed by atoms with Crippen LogP contribution in [-0.2, 0) is 6.54 Å². The molecule has 0 saturated carbocycles. The summed E-state index contributed by atoms with van der Waals surface area (Å²) in [6, 6.07) is 7.08. The number of hydrogen-bond donors (Lipinski definition) is 1. The maximum Gasteiger partial charge on any atom is 0.260 e. The number of aromatic nitrogens is 1. The predicted molar refractivity (Wildman–Crippen MR) is 67.2 cm³/mol. The molecule has 0 radical (unpaired) electrons. The van der Waals surface area contributed by atoms with Crippen LogP contribution in [0.4, 0.5) is 0 Å². The van der Waals surface area contributed by atoms with Crippen molar-refractivity contribution in [2.45, 2.75) is 6.54 Å². The third-order valence-corrected chi connectivity index (χ3v) is 3.23. The molecular formula is C12H12N2O2S. The van der Waals surface area contributed by atoms with Gasteiger partial charge in [-0.05, 0) is 23.6 Å². The third-order valence-electron chi connectivity index (χ3n) is 2.37. The van der Waals surface area contributed by atoms with Crippen molar-refractivity contribution in [3.05, 3.63) is 56.6 Å². The first-order valence-corrected chi connectivity index (χ1v) is 6.02. The van der Waals surface area contributed by atoms with Gasteiger partial charge in [0.25, 0.3) is 11.5 Å². The van der Waals surface area contributed by atoms with Crippen molar-refractivity contribution >= 4 is 17.2 Å². The van der Waals surface area contributed by atoms with Crippen LogP contribution in [0.25, 0.3) is 0 Å². The van der Waals surface area contributed by atoms with Crippen molar-refractivity contribution in [1.82, 2.24) is 9.88 Å². The van der Waals surface area contributed by atoms with Crippen LogP contribution in [0.5, 0.6) is 0 Å². The molecule has 2 aromatic rings. The number of rotatable bonds is 3. The monoisotopic (exact) mass is 248 g/mol. The van der Waals surface area contributed by atoms with Crippen LogP contribution in [0.3, 0.4) is 0 Å². The Balaban J connectivity index is 2.15. The lowest BCUT2D eigenvalue weighted by Gasteiger charge is -2.15. The topological polar surface area (TPSA) is 53.2 Å². The lowest BCUT2D eigenvalue weighted by atomic mass is 10.2. The number of nitrogens with zero attached hydrogens (tertiary/aromatic N) is 1. The van der Waals surface area contributed by atoms with Gasteiger partial charge >= 0.3 is 0 Å². The number of pyridine rings is 1. The van der Waals surface area contributed by atoms with E-state index in [-0.39, 0.29) is 17.0 Å². The highest BCUT2D eigenvalue weighted by Gasteiger charge is 2.15. The van der Waals surface area contributed by atoms with Crippen molar-refractivity contribution < 1.29 is 4.79 Å². The highest BCUT2D eigenvalue weighted by atomic mass is 32.1. The van der Waals surface area contributed by atoms with E-state index in [0.717, 1.165) is 4.88 Å². The molecular weight excluding hydrogens is 236 g/mol. The van der Waals surface area contributed by atoms with Crippen LogP contribution < -0.4 is 5.56 Å². The molecule has 4 nitrogen and oxygen atoms in total. The van der Waals surface area contributed by atoms with Crippen LogP contribution in [0.1, 0.15) is 15.2 Å². The van der Waals surface area contributed by atoms with Gasteiger partial charge in [-0.25, -0.2) is 0 Å². The van der Waals surface area contributed by atoms with Gasteiger partial charge in [0, 0.05) is 18.1 Å². The molecule has 0 aromatic carbocycles. The third kappa shape index (κ3) is 2.62. The molecule has 2 heterocycles. The van der Waals surface area contributed by atoms with Crippen molar-refractivity contribution in [2.75, 3.05) is 7.05 Å². The average Bonchev–Trinajstić information content (AvgIpc) is 2.81. The standard InChI is InChI=1S/C12H12N2O2S/c1-14(8-9-4-3-7-17-9)12(16)10-5-2-6-13-11(10)15/h2-7H,8H2,1H3,(H,13,15). The molecule has 0 bridgehead atoms. The van der Waals surface area contributed by atoms with Gasteiger partial charge in [-0.1, -0.05) is 6.07 Å². The zero-order chi connectivity index (χ0) is 12.3. The Bertz CT molecular complexity index is 560. The van der Waals surface area contributed by atoms with Crippen molar-refractivity contribution in [3.63, 3.8) is 0 Å². The van der Waals surface area contributed by atoms with Crippen LogP contribution in [-0.4, -0.2) is 22.8 Å². The summed E-state index contributed by atoms with van der Waals surface area (Å²) in [6.07, 6.45) is 1.51. The summed E-state index contributed by atoms with van der Waals surface area (Å²) >= 11 is 1.59.